The predicted octanol–water partition coefficient (Wildman–Crippen LogP) is 1.52. The van der Waals surface area contributed by atoms with Crippen LogP contribution in [0.4, 0.5) is 0 Å². The van der Waals surface area contributed by atoms with Gasteiger partial charge in [0.05, 0.1) is 12.0 Å². The van der Waals surface area contributed by atoms with Crippen molar-refractivity contribution in [2.45, 2.75) is 6.92 Å². The molecule has 1 aliphatic carbocycles. The van der Waals surface area contributed by atoms with Crippen LogP contribution in [0.1, 0.15) is 6.92 Å². The maximum atomic E-state index is 11.2. The maximum Gasteiger partial charge on any atom is 0.296 e. The van der Waals surface area contributed by atoms with Crippen molar-refractivity contribution in [2.75, 3.05) is 7.11 Å². The van der Waals surface area contributed by atoms with Gasteiger partial charge in [0.15, 0.2) is 0 Å². The van der Waals surface area contributed by atoms with Gasteiger partial charge in [-0.1, -0.05) is 6.08 Å². The minimum Gasteiger partial charge on any atom is -0.270 e. The van der Waals surface area contributed by atoms with Gasteiger partial charge in [-0.05, 0) is 30.7 Å². The fourth-order valence-corrected chi connectivity index (χ4v) is 1.49. The summed E-state index contributed by atoms with van der Waals surface area (Å²) < 4.78 is 26.8. The number of allylic oxidation sites excluding steroid dienone is 4. The molecular formula is C9H10O3S. The quantitative estimate of drug-likeness (QED) is 0.499. The highest BCUT2D eigenvalue weighted by Gasteiger charge is 2.13. The van der Waals surface area contributed by atoms with Crippen LogP contribution in [0.15, 0.2) is 40.5 Å². The predicted molar refractivity (Wildman–Crippen MR) is 50.4 cm³/mol. The molecule has 0 aromatic heterocycles. The Morgan fingerprint density at radius 3 is 2.69 bits per heavy atom. The molecule has 0 saturated heterocycles. The zero-order valence-corrected chi connectivity index (χ0v) is 8.26. The fraction of sp³-hybridized carbons (Fsp3) is 0.222. The summed E-state index contributed by atoms with van der Waals surface area (Å²) in [6.45, 7) is 1.84. The second-order valence-corrected chi connectivity index (χ2v) is 4.23. The van der Waals surface area contributed by atoms with Crippen LogP contribution >= 0.6 is 0 Å². The van der Waals surface area contributed by atoms with Crippen LogP contribution < -0.4 is 0 Å². The van der Waals surface area contributed by atoms with Gasteiger partial charge in [-0.3, -0.25) is 4.18 Å². The van der Waals surface area contributed by atoms with E-state index in [9.17, 15) is 8.42 Å². The van der Waals surface area contributed by atoms with Gasteiger partial charge < -0.3 is 0 Å². The van der Waals surface area contributed by atoms with Crippen LogP contribution in [0.5, 0.6) is 0 Å². The van der Waals surface area contributed by atoms with Crippen LogP contribution in [0.25, 0.3) is 0 Å². The van der Waals surface area contributed by atoms with Crippen LogP contribution in [0, 0.1) is 0 Å². The Balaban J connectivity index is 3.09. The monoisotopic (exact) mass is 198 g/mol. The third-order valence-corrected chi connectivity index (χ3v) is 2.85. The molecule has 0 unspecified atom stereocenters. The van der Waals surface area contributed by atoms with E-state index in [1.807, 2.05) is 6.92 Å². The summed E-state index contributed by atoms with van der Waals surface area (Å²) in [4.78, 5) is 0.138. The summed E-state index contributed by atoms with van der Waals surface area (Å²) in [6, 6.07) is 0. The average molecular weight is 198 g/mol. The van der Waals surface area contributed by atoms with E-state index in [2.05, 4.69) is 9.91 Å². The molecule has 0 spiro atoms. The van der Waals surface area contributed by atoms with Gasteiger partial charge in [0.2, 0.25) is 0 Å². The van der Waals surface area contributed by atoms with Gasteiger partial charge in [0.25, 0.3) is 10.1 Å². The van der Waals surface area contributed by atoms with E-state index in [0.29, 0.717) is 0 Å². The molecule has 0 N–H and O–H groups in total. The number of hydrogen-bond acceptors (Lipinski definition) is 3. The van der Waals surface area contributed by atoms with E-state index in [1.54, 1.807) is 12.2 Å². The molecule has 0 amide bonds. The number of rotatable bonds is 2. The zero-order chi connectivity index (χ0) is 9.90. The van der Waals surface area contributed by atoms with Crippen molar-refractivity contribution in [1.29, 1.82) is 0 Å². The highest BCUT2D eigenvalue weighted by molar-refractivity contribution is 7.90. The Bertz CT molecular complexity index is 418. The Kier molecular flexibility index (Phi) is 2.88. The molecule has 0 radical (unpaired) electrons. The Labute approximate surface area is 77.8 Å². The smallest absolute Gasteiger partial charge is 0.270 e. The molecule has 0 atom stereocenters. The summed E-state index contributed by atoms with van der Waals surface area (Å²) in [5, 5.41) is 0. The molecule has 0 fully saturated rings. The summed E-state index contributed by atoms with van der Waals surface area (Å²) in [6.07, 6.45) is 6.17. The lowest BCUT2D eigenvalue weighted by Gasteiger charge is -1.99. The molecule has 0 aromatic rings. The van der Waals surface area contributed by atoms with Gasteiger partial charge in [-0.2, -0.15) is 8.42 Å². The zero-order valence-electron chi connectivity index (χ0n) is 7.44. The average Bonchev–Trinajstić information content (AvgIpc) is 2.30. The van der Waals surface area contributed by atoms with Crippen molar-refractivity contribution in [1.82, 2.24) is 0 Å². The standard InChI is InChI=1S/C9H10O3S/c1-8-4-3-5-9(7-6-8)13(10,11)12-2/h3,5-7H,1-2H3. The first-order valence-electron chi connectivity index (χ1n) is 3.68. The highest BCUT2D eigenvalue weighted by atomic mass is 32.2. The molecule has 1 aliphatic rings. The highest BCUT2D eigenvalue weighted by Crippen LogP contribution is 2.13. The summed E-state index contributed by atoms with van der Waals surface area (Å²) >= 11 is 0. The van der Waals surface area contributed by atoms with Crippen molar-refractivity contribution < 1.29 is 12.6 Å². The maximum absolute atomic E-state index is 11.2. The van der Waals surface area contributed by atoms with Crippen molar-refractivity contribution in [2.24, 2.45) is 0 Å². The van der Waals surface area contributed by atoms with Crippen LogP contribution in [-0.4, -0.2) is 15.5 Å². The minimum absolute atomic E-state index is 0.138. The topological polar surface area (TPSA) is 43.4 Å². The minimum atomic E-state index is -3.58. The first-order chi connectivity index (χ1) is 6.06. The third-order valence-electron chi connectivity index (χ3n) is 1.56. The first-order valence-corrected chi connectivity index (χ1v) is 5.09. The van der Waals surface area contributed by atoms with Gasteiger partial charge in [0.1, 0.15) is 0 Å². The van der Waals surface area contributed by atoms with Gasteiger partial charge in [-0.25, -0.2) is 0 Å². The molecule has 0 saturated carbocycles. The normalized spacial score (nSPS) is 16.5. The molecule has 13 heavy (non-hydrogen) atoms. The van der Waals surface area contributed by atoms with Crippen LogP contribution in [-0.2, 0) is 14.3 Å². The van der Waals surface area contributed by atoms with E-state index in [1.165, 1.54) is 12.2 Å². The Hall–Kier alpha value is -1.09. The summed E-state index contributed by atoms with van der Waals surface area (Å²) in [5.74, 6) is 0. The van der Waals surface area contributed by atoms with Gasteiger partial charge in [-0.15, -0.1) is 5.73 Å². The van der Waals surface area contributed by atoms with Crippen molar-refractivity contribution >= 4 is 10.1 Å². The lowest BCUT2D eigenvalue weighted by Crippen LogP contribution is -2.03. The summed E-state index contributed by atoms with van der Waals surface area (Å²) in [7, 11) is -2.44. The van der Waals surface area contributed by atoms with Crippen LogP contribution in [0.3, 0.4) is 0 Å². The third kappa shape index (κ3) is 2.42. The van der Waals surface area contributed by atoms with Gasteiger partial charge in [0, 0.05) is 0 Å². The van der Waals surface area contributed by atoms with Crippen LogP contribution in [0.2, 0.25) is 0 Å². The molecule has 0 heterocycles. The lowest BCUT2D eigenvalue weighted by molar-refractivity contribution is 0.404. The molecule has 70 valence electrons. The largest absolute Gasteiger partial charge is 0.296 e. The number of hydrogen-bond donors (Lipinski definition) is 0. The van der Waals surface area contributed by atoms with E-state index in [0.717, 1.165) is 12.7 Å². The summed E-state index contributed by atoms with van der Waals surface area (Å²) in [5.41, 5.74) is 3.75. The molecular weight excluding hydrogens is 188 g/mol. The van der Waals surface area contributed by atoms with Crippen molar-refractivity contribution in [3.63, 3.8) is 0 Å². The van der Waals surface area contributed by atoms with E-state index < -0.39 is 10.1 Å². The second kappa shape index (κ2) is 3.75. The molecule has 0 aliphatic heterocycles. The van der Waals surface area contributed by atoms with Crippen molar-refractivity contribution in [3.05, 3.63) is 40.5 Å². The molecule has 1 rings (SSSR count). The van der Waals surface area contributed by atoms with E-state index in [4.69, 9.17) is 0 Å². The van der Waals surface area contributed by atoms with E-state index >= 15 is 0 Å². The fourth-order valence-electron chi connectivity index (χ4n) is 0.829. The first kappa shape index (κ1) is 9.99. The van der Waals surface area contributed by atoms with Crippen molar-refractivity contribution in [3.8, 4) is 0 Å². The lowest BCUT2D eigenvalue weighted by atomic mass is 10.3. The molecule has 0 bridgehead atoms. The molecule has 3 nitrogen and oxygen atoms in total. The Morgan fingerprint density at radius 2 is 2.08 bits per heavy atom. The second-order valence-electron chi connectivity index (χ2n) is 2.52. The molecule has 4 heteroatoms. The molecule has 0 aromatic carbocycles. The Morgan fingerprint density at radius 1 is 1.38 bits per heavy atom. The van der Waals surface area contributed by atoms with Gasteiger partial charge >= 0.3 is 0 Å². The van der Waals surface area contributed by atoms with E-state index in [-0.39, 0.29) is 4.91 Å². The SMILES string of the molecule is COS(=O)(=O)C1=CC=C=C(C)C=C1.